The van der Waals surface area contributed by atoms with Crippen molar-refractivity contribution in [1.29, 1.82) is 0 Å². The lowest BCUT2D eigenvalue weighted by molar-refractivity contribution is -0.104. The molecule has 1 nitrogen and oxygen atoms in total. The minimum Gasteiger partial charge on any atom is -0.298 e. The van der Waals surface area contributed by atoms with Gasteiger partial charge in [-0.25, -0.2) is 0 Å². The Hall–Kier alpha value is -0.630. The van der Waals surface area contributed by atoms with E-state index in [0.29, 0.717) is 10.1 Å². The van der Waals surface area contributed by atoms with Gasteiger partial charge in [0.25, 0.3) is 0 Å². The van der Waals surface area contributed by atoms with Crippen LogP contribution in [0.3, 0.4) is 0 Å². The van der Waals surface area contributed by atoms with Gasteiger partial charge in [0.1, 0.15) is 0 Å². The van der Waals surface area contributed by atoms with Gasteiger partial charge in [-0.3, -0.25) is 4.79 Å². The number of hydrogen-bond acceptors (Lipinski definition) is 1. The summed E-state index contributed by atoms with van der Waals surface area (Å²) in [5.74, 6) is 0. The van der Waals surface area contributed by atoms with E-state index < -0.39 is 0 Å². The average Bonchev–Trinajstić information content (AvgIpc) is 1.82. The summed E-state index contributed by atoms with van der Waals surface area (Å²) in [5, 5.41) is 0. The Balaban J connectivity index is 4.32. The summed E-state index contributed by atoms with van der Waals surface area (Å²) in [5.41, 5.74) is 0.519. The van der Waals surface area contributed by atoms with E-state index in [1.807, 2.05) is 0 Å². The Morgan fingerprint density at radius 3 is 2.22 bits per heavy atom. The zero-order valence-corrected chi connectivity index (χ0v) is 6.52. The van der Waals surface area contributed by atoms with Gasteiger partial charge in [-0.2, -0.15) is 0 Å². The Morgan fingerprint density at radius 2 is 2.11 bits per heavy atom. The molecule has 0 fully saturated rings. The summed E-state index contributed by atoms with van der Waals surface area (Å²) < 4.78 is 0.581. The molecule has 0 bridgehead atoms. The fourth-order valence-corrected chi connectivity index (χ4v) is 0.546. The van der Waals surface area contributed by atoms with Crippen LogP contribution in [0, 0.1) is 0 Å². The van der Waals surface area contributed by atoms with Crippen molar-refractivity contribution in [2.75, 3.05) is 0 Å². The maximum atomic E-state index is 10.1. The second-order valence-electron chi connectivity index (χ2n) is 1.38. The van der Waals surface area contributed by atoms with Crippen LogP contribution in [0.4, 0.5) is 0 Å². The lowest BCUT2D eigenvalue weighted by atomic mass is 10.3. The summed E-state index contributed by atoms with van der Waals surface area (Å²) in [6, 6.07) is 0. The molecule has 0 rings (SSSR count). The van der Waals surface area contributed by atoms with E-state index in [-0.39, 0.29) is 0 Å². The van der Waals surface area contributed by atoms with E-state index in [9.17, 15) is 4.79 Å². The van der Waals surface area contributed by atoms with E-state index in [2.05, 4.69) is 29.1 Å². The summed E-state index contributed by atoms with van der Waals surface area (Å²) >= 11 is 3.06. The number of hydrogen-bond donors (Lipinski definition) is 0. The molecule has 0 aliphatic carbocycles. The minimum absolute atomic E-state index is 0.519. The molecule has 0 saturated heterocycles. The average molecular weight is 187 g/mol. The van der Waals surface area contributed by atoms with E-state index in [0.717, 1.165) is 6.29 Å². The molecule has 0 unspecified atom stereocenters. The van der Waals surface area contributed by atoms with Gasteiger partial charge in [-0.05, 0) is 0 Å². The third-order valence-corrected chi connectivity index (χ3v) is 1.20. The molecule has 0 aliphatic rings. The van der Waals surface area contributed by atoms with Crippen LogP contribution in [0.2, 0.25) is 0 Å². The molecule has 0 radical (unpaired) electrons. The van der Waals surface area contributed by atoms with Crippen LogP contribution in [0.5, 0.6) is 0 Å². The van der Waals surface area contributed by atoms with Crippen LogP contribution >= 0.6 is 15.9 Å². The zero-order valence-electron chi connectivity index (χ0n) is 4.93. The van der Waals surface area contributed by atoms with Gasteiger partial charge in [-0.15, -0.1) is 0 Å². The predicted molar refractivity (Wildman–Crippen MR) is 42.4 cm³/mol. The van der Waals surface area contributed by atoms with Crippen molar-refractivity contribution in [2.24, 2.45) is 0 Å². The van der Waals surface area contributed by atoms with Crippen LogP contribution in [0.1, 0.15) is 0 Å². The van der Waals surface area contributed by atoms with E-state index in [1.165, 1.54) is 6.08 Å². The molecule has 0 atom stereocenters. The fourth-order valence-electron chi connectivity index (χ4n) is 0.321. The molecule has 0 amide bonds. The van der Waals surface area contributed by atoms with Crippen molar-refractivity contribution in [1.82, 2.24) is 0 Å². The normalized spacial score (nSPS) is 10.6. The molecule has 0 aromatic heterocycles. The van der Waals surface area contributed by atoms with Gasteiger partial charge in [0, 0.05) is 10.1 Å². The smallest absolute Gasteiger partial charge is 0.151 e. The Morgan fingerprint density at radius 1 is 1.56 bits per heavy atom. The van der Waals surface area contributed by atoms with E-state index in [1.54, 1.807) is 6.08 Å². The molecule has 0 aromatic rings. The van der Waals surface area contributed by atoms with Gasteiger partial charge in [-0.1, -0.05) is 41.2 Å². The molecule has 0 spiro atoms. The molecular formula is C7H7BrO. The first-order valence-corrected chi connectivity index (χ1v) is 3.14. The molecule has 48 valence electrons. The molecule has 0 saturated carbocycles. The summed E-state index contributed by atoms with van der Waals surface area (Å²) in [7, 11) is 0. The Bertz CT molecular complexity index is 168. The third-order valence-electron chi connectivity index (χ3n) is 0.738. The monoisotopic (exact) mass is 186 g/mol. The van der Waals surface area contributed by atoms with Gasteiger partial charge < -0.3 is 0 Å². The first kappa shape index (κ1) is 8.37. The molecule has 2 heteroatoms. The van der Waals surface area contributed by atoms with Crippen molar-refractivity contribution >= 4 is 22.2 Å². The van der Waals surface area contributed by atoms with Crippen LogP contribution in [0.25, 0.3) is 0 Å². The Labute approximate surface area is 62.9 Å². The standard InChI is InChI=1S/C7H7BrO/c1-3-4-7(5-9)6(2)8/h3-5H,1-2H2. The van der Waals surface area contributed by atoms with Crippen LogP contribution < -0.4 is 0 Å². The summed E-state index contributed by atoms with van der Waals surface area (Å²) in [4.78, 5) is 10.1. The summed E-state index contributed by atoms with van der Waals surface area (Å²) in [6.45, 7) is 6.95. The maximum Gasteiger partial charge on any atom is 0.151 e. The SMILES string of the molecule is C=CC=C(C=O)C(=C)Br. The van der Waals surface area contributed by atoms with Crippen molar-refractivity contribution in [3.05, 3.63) is 35.4 Å². The lowest BCUT2D eigenvalue weighted by Gasteiger charge is -1.89. The first-order valence-electron chi connectivity index (χ1n) is 2.35. The lowest BCUT2D eigenvalue weighted by Crippen LogP contribution is -1.79. The quantitative estimate of drug-likeness (QED) is 0.376. The Kier molecular flexibility index (Phi) is 3.97. The highest BCUT2D eigenvalue weighted by atomic mass is 79.9. The van der Waals surface area contributed by atoms with Crippen LogP contribution in [-0.2, 0) is 4.79 Å². The fraction of sp³-hybridized carbons (Fsp3) is 0. The number of rotatable bonds is 3. The molecular weight excluding hydrogens is 180 g/mol. The van der Waals surface area contributed by atoms with Crippen LogP contribution in [-0.4, -0.2) is 6.29 Å². The number of halogens is 1. The number of carbonyl (C=O) groups is 1. The molecule has 0 N–H and O–H groups in total. The predicted octanol–water partition coefficient (Wildman–Crippen LogP) is 2.21. The third kappa shape index (κ3) is 3.03. The number of aldehydes is 1. The maximum absolute atomic E-state index is 10.1. The van der Waals surface area contributed by atoms with Gasteiger partial charge >= 0.3 is 0 Å². The molecule has 0 aromatic carbocycles. The molecule has 9 heavy (non-hydrogen) atoms. The van der Waals surface area contributed by atoms with E-state index >= 15 is 0 Å². The highest BCUT2D eigenvalue weighted by Crippen LogP contribution is 2.11. The van der Waals surface area contributed by atoms with Gasteiger partial charge in [0.15, 0.2) is 6.29 Å². The van der Waals surface area contributed by atoms with Crippen molar-refractivity contribution in [3.63, 3.8) is 0 Å². The van der Waals surface area contributed by atoms with Gasteiger partial charge in [0.05, 0.1) is 0 Å². The molecule has 0 heterocycles. The highest BCUT2D eigenvalue weighted by molar-refractivity contribution is 9.12. The highest BCUT2D eigenvalue weighted by Gasteiger charge is 1.92. The second-order valence-corrected chi connectivity index (χ2v) is 2.34. The summed E-state index contributed by atoms with van der Waals surface area (Å²) in [6.07, 6.45) is 3.85. The van der Waals surface area contributed by atoms with Crippen molar-refractivity contribution in [3.8, 4) is 0 Å². The minimum atomic E-state index is 0.519. The van der Waals surface area contributed by atoms with E-state index in [4.69, 9.17) is 0 Å². The topological polar surface area (TPSA) is 17.1 Å². The van der Waals surface area contributed by atoms with Gasteiger partial charge in [0.2, 0.25) is 0 Å². The molecule has 0 aliphatic heterocycles. The largest absolute Gasteiger partial charge is 0.298 e. The zero-order chi connectivity index (χ0) is 7.28. The second kappa shape index (κ2) is 4.27. The number of carbonyl (C=O) groups excluding carboxylic acids is 1. The first-order chi connectivity index (χ1) is 4.22. The van der Waals surface area contributed by atoms with Crippen LogP contribution in [0.15, 0.2) is 35.4 Å². The van der Waals surface area contributed by atoms with Crippen molar-refractivity contribution < 1.29 is 4.79 Å². The number of allylic oxidation sites excluding steroid dienone is 4. The van der Waals surface area contributed by atoms with Crippen molar-refractivity contribution in [2.45, 2.75) is 0 Å².